The van der Waals surface area contributed by atoms with Crippen LogP contribution in [-0.4, -0.2) is 57.3 Å². The smallest absolute Gasteiger partial charge is 0.374 e. The van der Waals surface area contributed by atoms with E-state index in [2.05, 4.69) is 0 Å². The van der Waals surface area contributed by atoms with Gasteiger partial charge in [-0.25, -0.2) is 0 Å². The molecule has 0 spiro atoms. The first-order valence-corrected chi connectivity index (χ1v) is 12.8. The van der Waals surface area contributed by atoms with Crippen LogP contribution in [0.15, 0.2) is 0 Å². The van der Waals surface area contributed by atoms with Crippen molar-refractivity contribution >= 4 is 17.6 Å². The number of rotatable bonds is 16. The van der Waals surface area contributed by atoms with Crippen molar-refractivity contribution < 1.29 is 26.6 Å². The number of hydrogen-bond donors (Lipinski definition) is 0. The van der Waals surface area contributed by atoms with E-state index in [1.165, 1.54) is 0 Å². The Balaban J connectivity index is -0.000000403. The van der Waals surface area contributed by atoms with Crippen LogP contribution in [0.3, 0.4) is 0 Å². The summed E-state index contributed by atoms with van der Waals surface area (Å²) in [6, 6.07) is 1.51. The SMILES string of the molecule is C.C.C.C.CCO[Si](CCC[Si](OCC)(OCC)OCC)(OCC)OCC. The van der Waals surface area contributed by atoms with E-state index in [0.29, 0.717) is 39.6 Å². The van der Waals surface area contributed by atoms with Crippen molar-refractivity contribution in [2.24, 2.45) is 0 Å². The lowest BCUT2D eigenvalue weighted by Crippen LogP contribution is -2.48. The summed E-state index contributed by atoms with van der Waals surface area (Å²) in [6.45, 7) is 15.4. The zero-order valence-electron chi connectivity index (χ0n) is 15.8. The maximum Gasteiger partial charge on any atom is 0.500 e. The molecule has 6 nitrogen and oxygen atoms in total. The van der Waals surface area contributed by atoms with E-state index in [1.54, 1.807) is 0 Å². The molecule has 0 aromatic carbocycles. The highest BCUT2D eigenvalue weighted by atomic mass is 28.4. The summed E-state index contributed by atoms with van der Waals surface area (Å²) in [5, 5.41) is 0. The molecule has 0 fully saturated rings. The molecule has 0 unspecified atom stereocenters. The van der Waals surface area contributed by atoms with E-state index < -0.39 is 17.6 Å². The fraction of sp³-hybridized carbons (Fsp3) is 1.00. The van der Waals surface area contributed by atoms with Crippen LogP contribution >= 0.6 is 0 Å². The van der Waals surface area contributed by atoms with Gasteiger partial charge in [0.25, 0.3) is 0 Å². The largest absolute Gasteiger partial charge is 0.500 e. The minimum absolute atomic E-state index is 0. The molecule has 27 heavy (non-hydrogen) atoms. The predicted octanol–water partition coefficient (Wildman–Crippen LogP) is 6.02. The van der Waals surface area contributed by atoms with Crippen LogP contribution in [0.25, 0.3) is 0 Å². The van der Waals surface area contributed by atoms with E-state index in [1.807, 2.05) is 41.5 Å². The summed E-state index contributed by atoms with van der Waals surface area (Å²) < 4.78 is 35.4. The third-order valence-corrected chi connectivity index (χ3v) is 9.45. The van der Waals surface area contributed by atoms with Crippen molar-refractivity contribution in [3.05, 3.63) is 0 Å². The molecule has 0 aromatic rings. The molecule has 0 saturated heterocycles. The monoisotopic (exact) mass is 432 g/mol. The third-order valence-electron chi connectivity index (χ3n) is 3.15. The summed E-state index contributed by atoms with van der Waals surface area (Å²) >= 11 is 0. The molecule has 0 radical (unpaired) electrons. The van der Waals surface area contributed by atoms with Crippen LogP contribution in [-0.2, 0) is 26.6 Å². The maximum absolute atomic E-state index is 5.89. The Morgan fingerprint density at radius 1 is 0.407 bits per heavy atom. The van der Waals surface area contributed by atoms with Gasteiger partial charge < -0.3 is 26.6 Å². The van der Waals surface area contributed by atoms with Crippen molar-refractivity contribution in [2.45, 2.75) is 89.8 Å². The molecule has 0 aliphatic heterocycles. The van der Waals surface area contributed by atoms with Gasteiger partial charge in [-0.1, -0.05) is 29.7 Å². The molecule has 0 amide bonds. The fourth-order valence-corrected chi connectivity index (χ4v) is 8.10. The molecular formula is C19H52O6Si2. The first kappa shape index (κ1) is 37.9. The normalized spacial score (nSPS) is 10.9. The molecule has 0 bridgehead atoms. The molecule has 0 aromatic heterocycles. The molecule has 0 rings (SSSR count). The average Bonchev–Trinajstić information content (AvgIpc) is 2.49. The molecule has 0 aliphatic rings. The Morgan fingerprint density at radius 2 is 0.593 bits per heavy atom. The van der Waals surface area contributed by atoms with Gasteiger partial charge in [-0.2, -0.15) is 0 Å². The van der Waals surface area contributed by atoms with Crippen molar-refractivity contribution in [1.29, 1.82) is 0 Å². The van der Waals surface area contributed by atoms with Crippen LogP contribution in [0, 0.1) is 0 Å². The minimum Gasteiger partial charge on any atom is -0.374 e. The van der Waals surface area contributed by atoms with E-state index in [4.69, 9.17) is 26.6 Å². The Morgan fingerprint density at radius 3 is 0.741 bits per heavy atom. The van der Waals surface area contributed by atoms with Gasteiger partial charge in [-0.3, -0.25) is 0 Å². The Hall–Kier alpha value is 0.194. The summed E-state index contributed by atoms with van der Waals surface area (Å²) in [5.74, 6) is 0. The second kappa shape index (κ2) is 22.5. The van der Waals surface area contributed by atoms with E-state index in [9.17, 15) is 0 Å². The fourth-order valence-electron chi connectivity index (χ4n) is 2.52. The van der Waals surface area contributed by atoms with Crippen molar-refractivity contribution in [2.75, 3.05) is 39.6 Å². The highest BCUT2D eigenvalue weighted by molar-refractivity contribution is 6.62. The van der Waals surface area contributed by atoms with E-state index >= 15 is 0 Å². The predicted molar refractivity (Wildman–Crippen MR) is 122 cm³/mol. The molecule has 0 aliphatic carbocycles. The molecule has 8 heteroatoms. The standard InChI is InChI=1S/C15H36O6Si2.4CH4/c1-7-16-22(17-8-2,18-9-3)14-13-15-23(19-10-4,20-11-5)21-12-6;;;;/h7-15H2,1-6H3;4*1H4. The number of hydrogen-bond acceptors (Lipinski definition) is 6. The van der Waals surface area contributed by atoms with Gasteiger partial charge in [0.05, 0.1) is 0 Å². The first-order valence-electron chi connectivity index (χ1n) is 8.91. The van der Waals surface area contributed by atoms with Crippen LogP contribution in [0.4, 0.5) is 0 Å². The van der Waals surface area contributed by atoms with Gasteiger partial charge in [0.2, 0.25) is 0 Å². The summed E-state index contributed by atoms with van der Waals surface area (Å²) in [7, 11) is -5.22. The Bertz CT molecular complexity index is 223. The van der Waals surface area contributed by atoms with Gasteiger partial charge in [0.15, 0.2) is 0 Å². The Kier molecular flexibility index (Phi) is 31.5. The summed E-state index contributed by atoms with van der Waals surface area (Å²) in [4.78, 5) is 0. The van der Waals surface area contributed by atoms with Crippen LogP contribution in [0.5, 0.6) is 0 Å². The van der Waals surface area contributed by atoms with E-state index in [0.717, 1.165) is 18.5 Å². The van der Waals surface area contributed by atoms with Gasteiger partial charge in [-0.15, -0.1) is 0 Å². The lowest BCUT2D eigenvalue weighted by atomic mass is 10.6. The van der Waals surface area contributed by atoms with Crippen LogP contribution < -0.4 is 0 Å². The summed E-state index contributed by atoms with van der Waals surface area (Å²) in [5.41, 5.74) is 0. The molecular weight excluding hydrogens is 380 g/mol. The zero-order chi connectivity index (χ0) is 17.6. The highest BCUT2D eigenvalue weighted by Crippen LogP contribution is 2.25. The topological polar surface area (TPSA) is 55.4 Å². The van der Waals surface area contributed by atoms with Crippen molar-refractivity contribution in [1.82, 2.24) is 0 Å². The average molecular weight is 433 g/mol. The van der Waals surface area contributed by atoms with Gasteiger partial charge in [0, 0.05) is 51.7 Å². The first-order chi connectivity index (χ1) is 11.1. The molecule has 0 heterocycles. The minimum atomic E-state index is -2.61. The van der Waals surface area contributed by atoms with E-state index in [-0.39, 0.29) is 29.7 Å². The lowest BCUT2D eigenvalue weighted by molar-refractivity contribution is 0.0651. The lowest BCUT2D eigenvalue weighted by Gasteiger charge is -2.31. The van der Waals surface area contributed by atoms with Gasteiger partial charge in [-0.05, 0) is 48.0 Å². The van der Waals surface area contributed by atoms with Crippen LogP contribution in [0.2, 0.25) is 12.1 Å². The Labute approximate surface area is 174 Å². The summed E-state index contributed by atoms with van der Waals surface area (Å²) in [6.07, 6.45) is 0.846. The zero-order valence-corrected chi connectivity index (χ0v) is 17.8. The van der Waals surface area contributed by atoms with Crippen molar-refractivity contribution in [3.8, 4) is 0 Å². The molecule has 172 valence electrons. The molecule has 0 N–H and O–H groups in total. The quantitative estimate of drug-likeness (QED) is 0.278. The second-order valence-electron chi connectivity index (χ2n) is 4.82. The highest BCUT2D eigenvalue weighted by Gasteiger charge is 2.44. The third kappa shape index (κ3) is 14.8. The van der Waals surface area contributed by atoms with Crippen molar-refractivity contribution in [3.63, 3.8) is 0 Å². The van der Waals surface area contributed by atoms with Crippen LogP contribution in [0.1, 0.15) is 77.7 Å². The maximum atomic E-state index is 5.89. The molecule has 0 saturated carbocycles. The second-order valence-corrected chi connectivity index (χ2v) is 10.3. The van der Waals surface area contributed by atoms with Gasteiger partial charge in [0.1, 0.15) is 0 Å². The molecule has 0 atom stereocenters. The van der Waals surface area contributed by atoms with Gasteiger partial charge >= 0.3 is 17.6 Å².